The molecule has 0 amide bonds. The van der Waals surface area contributed by atoms with E-state index < -0.39 is 5.97 Å². The molecule has 68 valence electrons. The second-order valence-corrected chi connectivity index (χ2v) is 4.15. The molecule has 0 aromatic heterocycles. The average molecular weight is 169 g/mol. The molecular weight excluding hydrogens is 154 g/mol. The Bertz CT molecular complexity index is 217. The van der Waals surface area contributed by atoms with Gasteiger partial charge in [-0.3, -0.25) is 4.79 Å². The van der Waals surface area contributed by atoms with E-state index in [0.29, 0.717) is 5.41 Å². The molecule has 1 spiro atoms. The van der Waals surface area contributed by atoms with Gasteiger partial charge in [0.05, 0.1) is 0 Å². The lowest BCUT2D eigenvalue weighted by Crippen LogP contribution is -2.29. The van der Waals surface area contributed by atoms with Gasteiger partial charge in [-0.15, -0.1) is 0 Å². The number of carboxylic acid groups (broad SMARTS) is 1. The van der Waals surface area contributed by atoms with Crippen molar-refractivity contribution in [3.63, 3.8) is 0 Å². The fourth-order valence-electron chi connectivity index (χ4n) is 2.53. The molecule has 1 heterocycles. The maximum Gasteiger partial charge on any atom is 0.320 e. The van der Waals surface area contributed by atoms with Crippen molar-refractivity contribution in [1.82, 2.24) is 5.32 Å². The molecule has 2 N–H and O–H groups in total. The van der Waals surface area contributed by atoms with Crippen LogP contribution in [0, 0.1) is 11.3 Å². The van der Waals surface area contributed by atoms with Crippen molar-refractivity contribution in [2.75, 3.05) is 6.54 Å². The van der Waals surface area contributed by atoms with Crippen molar-refractivity contribution in [3.05, 3.63) is 0 Å². The van der Waals surface area contributed by atoms with Gasteiger partial charge in [-0.05, 0) is 24.2 Å². The predicted octanol–water partition coefficient (Wildman–Crippen LogP) is 0.849. The summed E-state index contributed by atoms with van der Waals surface area (Å²) in [6.07, 6.45) is 3.29. The summed E-state index contributed by atoms with van der Waals surface area (Å²) in [7, 11) is 0. The predicted molar refractivity (Wildman–Crippen MR) is 44.9 cm³/mol. The fraction of sp³-hybridized carbons (Fsp3) is 0.889. The normalized spacial score (nSPS) is 45.1. The van der Waals surface area contributed by atoms with E-state index in [1.807, 2.05) is 0 Å². The highest BCUT2D eigenvalue weighted by Crippen LogP contribution is 2.59. The Morgan fingerprint density at radius 1 is 1.67 bits per heavy atom. The Morgan fingerprint density at radius 2 is 2.42 bits per heavy atom. The lowest BCUT2D eigenvalue weighted by Gasteiger charge is -2.04. The van der Waals surface area contributed by atoms with Crippen molar-refractivity contribution in [3.8, 4) is 0 Å². The smallest absolute Gasteiger partial charge is 0.320 e. The van der Waals surface area contributed by atoms with Crippen LogP contribution in [0.25, 0.3) is 0 Å². The van der Waals surface area contributed by atoms with Crippen LogP contribution >= 0.6 is 0 Å². The monoisotopic (exact) mass is 169 g/mol. The lowest BCUT2D eigenvalue weighted by atomic mass is 9.99. The molecule has 2 aliphatic rings. The minimum Gasteiger partial charge on any atom is -0.480 e. The Morgan fingerprint density at radius 3 is 2.83 bits per heavy atom. The van der Waals surface area contributed by atoms with E-state index in [4.69, 9.17) is 5.11 Å². The van der Waals surface area contributed by atoms with Crippen LogP contribution in [0.3, 0.4) is 0 Å². The van der Waals surface area contributed by atoms with Gasteiger partial charge in [-0.25, -0.2) is 0 Å². The summed E-state index contributed by atoms with van der Waals surface area (Å²) < 4.78 is 0. The van der Waals surface area contributed by atoms with Gasteiger partial charge in [-0.1, -0.05) is 13.3 Å². The third kappa shape index (κ3) is 1.04. The first-order chi connectivity index (χ1) is 5.68. The quantitative estimate of drug-likeness (QED) is 0.644. The molecule has 1 aliphatic heterocycles. The first-order valence-corrected chi connectivity index (χ1v) is 4.64. The minimum absolute atomic E-state index is 0.276. The number of rotatable bonds is 2. The summed E-state index contributed by atoms with van der Waals surface area (Å²) in [6.45, 7) is 3.11. The molecule has 1 saturated heterocycles. The molecule has 3 heteroatoms. The van der Waals surface area contributed by atoms with Gasteiger partial charge < -0.3 is 10.4 Å². The Labute approximate surface area is 72.2 Å². The van der Waals surface area contributed by atoms with Gasteiger partial charge >= 0.3 is 5.97 Å². The van der Waals surface area contributed by atoms with Crippen LogP contribution in [0.4, 0.5) is 0 Å². The number of carbonyl (C=O) groups is 1. The van der Waals surface area contributed by atoms with Crippen LogP contribution in [0.5, 0.6) is 0 Å². The molecule has 1 saturated carbocycles. The maximum absolute atomic E-state index is 10.6. The summed E-state index contributed by atoms with van der Waals surface area (Å²) >= 11 is 0. The molecule has 2 fully saturated rings. The Kier molecular flexibility index (Phi) is 1.65. The highest BCUT2D eigenvalue weighted by molar-refractivity contribution is 5.74. The highest BCUT2D eigenvalue weighted by atomic mass is 16.4. The van der Waals surface area contributed by atoms with Gasteiger partial charge in [0.15, 0.2) is 0 Å². The molecular formula is C9H15NO2. The molecule has 3 atom stereocenters. The number of aliphatic carboxylic acids is 1. The third-order valence-corrected chi connectivity index (χ3v) is 3.46. The van der Waals surface area contributed by atoms with E-state index in [-0.39, 0.29) is 6.04 Å². The summed E-state index contributed by atoms with van der Waals surface area (Å²) in [5.74, 6) is 0.1000. The third-order valence-electron chi connectivity index (χ3n) is 3.46. The van der Waals surface area contributed by atoms with Gasteiger partial charge in [0.2, 0.25) is 0 Å². The zero-order valence-electron chi connectivity index (χ0n) is 7.34. The van der Waals surface area contributed by atoms with E-state index in [9.17, 15) is 4.79 Å². The van der Waals surface area contributed by atoms with Crippen molar-refractivity contribution in [1.29, 1.82) is 0 Å². The van der Waals surface area contributed by atoms with Crippen molar-refractivity contribution in [2.45, 2.75) is 32.2 Å². The van der Waals surface area contributed by atoms with Gasteiger partial charge in [0.1, 0.15) is 6.04 Å². The second kappa shape index (κ2) is 2.46. The molecule has 0 radical (unpaired) electrons. The van der Waals surface area contributed by atoms with Gasteiger partial charge in [0.25, 0.3) is 0 Å². The minimum atomic E-state index is -0.686. The molecule has 12 heavy (non-hydrogen) atoms. The van der Waals surface area contributed by atoms with E-state index in [1.54, 1.807) is 0 Å². The van der Waals surface area contributed by atoms with Crippen molar-refractivity contribution >= 4 is 5.97 Å². The van der Waals surface area contributed by atoms with E-state index >= 15 is 0 Å². The molecule has 1 aliphatic carbocycles. The van der Waals surface area contributed by atoms with Crippen LogP contribution in [-0.2, 0) is 4.79 Å². The summed E-state index contributed by atoms with van der Waals surface area (Å²) in [5, 5.41) is 11.8. The Hall–Kier alpha value is -0.570. The van der Waals surface area contributed by atoms with Gasteiger partial charge in [0, 0.05) is 6.54 Å². The molecule has 0 aromatic rings. The van der Waals surface area contributed by atoms with Crippen LogP contribution in [0.2, 0.25) is 0 Å². The van der Waals surface area contributed by atoms with Gasteiger partial charge in [-0.2, -0.15) is 0 Å². The standard InChI is InChI=1S/C9H15NO2/c1-2-6-3-9(6)4-7(8(11)12)10-5-9/h6-7,10H,2-5H2,1H3,(H,11,12)/t6-,7-,9?/m0/s1. The maximum atomic E-state index is 10.6. The summed E-state index contributed by atoms with van der Waals surface area (Å²) in [6, 6.07) is -0.276. The van der Waals surface area contributed by atoms with Crippen LogP contribution in [0.15, 0.2) is 0 Å². The first-order valence-electron chi connectivity index (χ1n) is 4.64. The zero-order chi connectivity index (χ0) is 8.77. The SMILES string of the molecule is CC[C@H]1CC12CN[C@H](C(=O)O)C2. The van der Waals surface area contributed by atoms with Crippen molar-refractivity contribution in [2.24, 2.45) is 11.3 Å². The van der Waals surface area contributed by atoms with Crippen LogP contribution in [0.1, 0.15) is 26.2 Å². The summed E-state index contributed by atoms with van der Waals surface area (Å²) in [5.41, 5.74) is 0.373. The molecule has 0 aromatic carbocycles. The van der Waals surface area contributed by atoms with Crippen LogP contribution < -0.4 is 5.32 Å². The largest absolute Gasteiger partial charge is 0.480 e. The number of carboxylic acids is 1. The molecule has 2 rings (SSSR count). The zero-order valence-corrected chi connectivity index (χ0v) is 7.34. The van der Waals surface area contributed by atoms with E-state index in [2.05, 4.69) is 12.2 Å². The highest BCUT2D eigenvalue weighted by Gasteiger charge is 2.57. The fourth-order valence-corrected chi connectivity index (χ4v) is 2.53. The summed E-state index contributed by atoms with van der Waals surface area (Å²) in [4.78, 5) is 10.6. The molecule has 0 bridgehead atoms. The molecule has 1 unspecified atom stereocenters. The van der Waals surface area contributed by atoms with Crippen LogP contribution in [-0.4, -0.2) is 23.7 Å². The second-order valence-electron chi connectivity index (χ2n) is 4.15. The topological polar surface area (TPSA) is 49.3 Å². The number of hydrogen-bond acceptors (Lipinski definition) is 2. The number of nitrogens with one attached hydrogen (secondary N) is 1. The van der Waals surface area contributed by atoms with E-state index in [0.717, 1.165) is 18.9 Å². The first kappa shape index (κ1) is 8.05. The number of hydrogen-bond donors (Lipinski definition) is 2. The Balaban J connectivity index is 1.96. The van der Waals surface area contributed by atoms with E-state index in [1.165, 1.54) is 12.8 Å². The van der Waals surface area contributed by atoms with Crippen molar-refractivity contribution < 1.29 is 9.90 Å². The molecule has 3 nitrogen and oxygen atoms in total. The lowest BCUT2D eigenvalue weighted by molar-refractivity contribution is -0.139. The average Bonchev–Trinajstić information content (AvgIpc) is 2.50.